The number of hydrogen-bond donors (Lipinski definition) is 1. The molecule has 0 saturated heterocycles. The summed E-state index contributed by atoms with van der Waals surface area (Å²) in [4.78, 5) is 24.6. The van der Waals surface area contributed by atoms with Crippen LogP contribution in [0.5, 0.6) is 0 Å². The van der Waals surface area contributed by atoms with Gasteiger partial charge in [0.2, 0.25) is 0 Å². The number of rotatable bonds is 7. The molecular weight excluding hydrogens is 376 g/mol. The van der Waals surface area contributed by atoms with Gasteiger partial charge >= 0.3 is 20.3 Å². The highest BCUT2D eigenvalue weighted by Gasteiger charge is 2.53. The molecule has 0 atom stereocenters. The largest absolute Gasteiger partial charge is 0.509 e. The van der Waals surface area contributed by atoms with Crippen molar-refractivity contribution in [3.63, 3.8) is 0 Å². The Morgan fingerprint density at radius 2 is 1.37 bits per heavy atom. The fourth-order valence-electron chi connectivity index (χ4n) is 3.18. The molecule has 0 fully saturated rings. The Kier molecular flexibility index (Phi) is 7.27. The van der Waals surface area contributed by atoms with Gasteiger partial charge in [0.1, 0.15) is 13.0 Å². The number of carbonyl (C=O) groups excluding carboxylic acids is 2. The van der Waals surface area contributed by atoms with E-state index in [1.807, 2.05) is 60.7 Å². The van der Waals surface area contributed by atoms with Crippen LogP contribution in [-0.2, 0) is 18.8 Å². The van der Waals surface area contributed by atoms with Gasteiger partial charge in [0.15, 0.2) is 0 Å². The highest BCUT2D eigenvalue weighted by atomic mass is 32.1. The van der Waals surface area contributed by atoms with Gasteiger partial charge in [-0.3, -0.25) is 9.59 Å². The van der Waals surface area contributed by atoms with Crippen molar-refractivity contribution >= 4 is 43.3 Å². The van der Waals surface area contributed by atoms with E-state index in [-0.39, 0.29) is 11.6 Å². The fraction of sp³-hybridized carbons (Fsp3) is 0.333. The van der Waals surface area contributed by atoms with Gasteiger partial charge in [0.05, 0.1) is 0 Å². The van der Waals surface area contributed by atoms with Crippen LogP contribution < -0.4 is 10.4 Å². The number of carbonyl (C=O) groups is 2. The minimum absolute atomic E-state index is 0.175. The Hall–Kier alpha value is -2.05. The van der Waals surface area contributed by atoms with Gasteiger partial charge in [-0.1, -0.05) is 81.4 Å². The second-order valence-electron chi connectivity index (χ2n) is 7.26. The number of hydrogen-bond acceptors (Lipinski definition) is 5. The van der Waals surface area contributed by atoms with Crippen molar-refractivity contribution in [1.29, 1.82) is 0 Å². The van der Waals surface area contributed by atoms with Crippen molar-refractivity contribution in [2.24, 2.45) is 0 Å². The Balaban J connectivity index is 2.47. The molecule has 2 aromatic rings. The van der Waals surface area contributed by atoms with E-state index >= 15 is 0 Å². The normalized spacial score (nSPS) is 11.7. The maximum Gasteiger partial charge on any atom is 0.323 e. The molecule has 0 N–H and O–H groups in total. The lowest BCUT2D eigenvalue weighted by Crippen LogP contribution is -2.67. The molecule has 144 valence electrons. The van der Waals surface area contributed by atoms with Gasteiger partial charge in [-0.05, 0) is 15.4 Å². The standard InChI is InChI=1S/C21H26O4SSi/c1-21(2,3)27(17-10-6-4-7-11-17,18-12-8-5-9-13-18)25-20(23)16-19(22)24-14-15-26/h4-13,26H,14-16H2,1-3H3. The van der Waals surface area contributed by atoms with Crippen LogP contribution in [0.4, 0.5) is 0 Å². The van der Waals surface area contributed by atoms with Crippen molar-refractivity contribution in [3.05, 3.63) is 60.7 Å². The Bertz CT molecular complexity index is 717. The minimum atomic E-state index is -2.98. The van der Waals surface area contributed by atoms with E-state index < -0.39 is 26.7 Å². The molecule has 0 saturated carbocycles. The smallest absolute Gasteiger partial charge is 0.323 e. The highest BCUT2D eigenvalue weighted by Crippen LogP contribution is 2.36. The van der Waals surface area contributed by atoms with E-state index in [0.717, 1.165) is 10.4 Å². The van der Waals surface area contributed by atoms with Crippen LogP contribution in [0.2, 0.25) is 5.04 Å². The summed E-state index contributed by atoms with van der Waals surface area (Å²) < 4.78 is 11.2. The molecular formula is C21H26O4SSi. The SMILES string of the molecule is CC(C)(C)[Si](OC(=O)CC(=O)OCCS)(c1ccccc1)c1ccccc1. The third kappa shape index (κ3) is 5.02. The molecule has 0 aliphatic carbocycles. The molecule has 0 spiro atoms. The number of benzene rings is 2. The van der Waals surface area contributed by atoms with Crippen molar-refractivity contribution in [2.45, 2.75) is 32.2 Å². The molecule has 0 heterocycles. The first kappa shape index (κ1) is 21.2. The summed E-state index contributed by atoms with van der Waals surface area (Å²) in [6.07, 6.45) is -0.404. The summed E-state index contributed by atoms with van der Waals surface area (Å²) in [5.74, 6) is -0.740. The molecule has 0 amide bonds. The summed E-state index contributed by atoms with van der Waals surface area (Å²) in [5, 5.41) is 1.64. The summed E-state index contributed by atoms with van der Waals surface area (Å²) in [6, 6.07) is 19.6. The lowest BCUT2D eigenvalue weighted by molar-refractivity contribution is -0.150. The van der Waals surface area contributed by atoms with Crippen LogP contribution >= 0.6 is 12.6 Å². The first-order chi connectivity index (χ1) is 12.8. The molecule has 0 radical (unpaired) electrons. The highest BCUT2D eigenvalue weighted by molar-refractivity contribution is 7.80. The average molecular weight is 403 g/mol. The van der Waals surface area contributed by atoms with E-state index in [1.54, 1.807) is 0 Å². The van der Waals surface area contributed by atoms with Crippen molar-refractivity contribution in [1.82, 2.24) is 0 Å². The Morgan fingerprint density at radius 3 is 1.78 bits per heavy atom. The van der Waals surface area contributed by atoms with Gasteiger partial charge in [-0.2, -0.15) is 12.6 Å². The first-order valence-corrected chi connectivity index (χ1v) is 11.4. The lowest BCUT2D eigenvalue weighted by atomic mass is 10.2. The zero-order valence-corrected chi connectivity index (χ0v) is 17.9. The maximum absolute atomic E-state index is 12.7. The molecule has 0 aliphatic rings. The Labute approximate surface area is 167 Å². The second-order valence-corrected chi connectivity index (χ2v) is 11.9. The van der Waals surface area contributed by atoms with Gasteiger partial charge in [-0.25, -0.2) is 0 Å². The predicted molar refractivity (Wildman–Crippen MR) is 113 cm³/mol. The zero-order chi connectivity index (χ0) is 19.9. The minimum Gasteiger partial charge on any atom is -0.509 e. The molecule has 0 bridgehead atoms. The summed E-state index contributed by atoms with van der Waals surface area (Å²) in [5.41, 5.74) is 0. The van der Waals surface area contributed by atoms with Crippen molar-refractivity contribution in [3.8, 4) is 0 Å². The topological polar surface area (TPSA) is 52.6 Å². The predicted octanol–water partition coefficient (Wildman–Crippen LogP) is 2.95. The molecule has 0 aromatic heterocycles. The van der Waals surface area contributed by atoms with E-state index in [9.17, 15) is 9.59 Å². The number of thiol groups is 1. The first-order valence-electron chi connectivity index (χ1n) is 8.90. The van der Waals surface area contributed by atoms with E-state index in [4.69, 9.17) is 9.16 Å². The van der Waals surface area contributed by atoms with Crippen molar-refractivity contribution < 1.29 is 18.8 Å². The van der Waals surface area contributed by atoms with E-state index in [1.165, 1.54) is 0 Å². The van der Waals surface area contributed by atoms with Gasteiger partial charge < -0.3 is 9.16 Å². The zero-order valence-electron chi connectivity index (χ0n) is 16.0. The van der Waals surface area contributed by atoms with Crippen LogP contribution in [-0.4, -0.2) is 32.6 Å². The molecule has 2 aromatic carbocycles. The average Bonchev–Trinajstić information content (AvgIpc) is 2.65. The quantitative estimate of drug-likeness (QED) is 0.335. The lowest BCUT2D eigenvalue weighted by Gasteiger charge is -2.42. The van der Waals surface area contributed by atoms with E-state index in [0.29, 0.717) is 5.75 Å². The number of esters is 1. The summed E-state index contributed by atoms with van der Waals surface area (Å²) in [6.45, 7) is 6.40. The van der Waals surface area contributed by atoms with Crippen molar-refractivity contribution in [2.75, 3.05) is 12.4 Å². The van der Waals surface area contributed by atoms with Crippen LogP contribution in [0.25, 0.3) is 0 Å². The maximum atomic E-state index is 12.7. The molecule has 4 nitrogen and oxygen atoms in total. The monoisotopic (exact) mass is 402 g/mol. The van der Waals surface area contributed by atoms with Crippen LogP contribution in [0.3, 0.4) is 0 Å². The Morgan fingerprint density at radius 1 is 0.889 bits per heavy atom. The van der Waals surface area contributed by atoms with Gasteiger partial charge in [-0.15, -0.1) is 0 Å². The van der Waals surface area contributed by atoms with E-state index in [2.05, 4.69) is 33.4 Å². The van der Waals surface area contributed by atoms with Gasteiger partial charge in [0, 0.05) is 5.75 Å². The molecule has 6 heteroatoms. The molecule has 2 rings (SSSR count). The van der Waals surface area contributed by atoms with Gasteiger partial charge in [0.25, 0.3) is 0 Å². The fourth-order valence-corrected chi connectivity index (χ4v) is 7.62. The molecule has 27 heavy (non-hydrogen) atoms. The second kappa shape index (κ2) is 9.24. The molecule has 0 aliphatic heterocycles. The number of ether oxygens (including phenoxy) is 1. The molecule has 0 unspecified atom stereocenters. The van der Waals surface area contributed by atoms with Crippen LogP contribution in [0, 0.1) is 0 Å². The van der Waals surface area contributed by atoms with Crippen LogP contribution in [0.1, 0.15) is 27.2 Å². The third-order valence-corrected chi connectivity index (χ3v) is 9.45. The summed E-state index contributed by atoms with van der Waals surface area (Å²) >= 11 is 4.00. The summed E-state index contributed by atoms with van der Waals surface area (Å²) in [7, 11) is -2.98. The third-order valence-electron chi connectivity index (χ3n) is 4.33. The van der Waals surface area contributed by atoms with Crippen LogP contribution in [0.15, 0.2) is 60.7 Å².